The van der Waals surface area contributed by atoms with E-state index in [1.165, 1.54) is 7.11 Å². The van der Waals surface area contributed by atoms with Gasteiger partial charge in [-0.3, -0.25) is 4.79 Å². The average Bonchev–Trinajstić information content (AvgIpc) is 2.55. The summed E-state index contributed by atoms with van der Waals surface area (Å²) in [5.41, 5.74) is 2.43. The van der Waals surface area contributed by atoms with E-state index in [4.69, 9.17) is 16.3 Å². The molecule has 2 rings (SSSR count). The Morgan fingerprint density at radius 1 is 1.17 bits per heavy atom. The van der Waals surface area contributed by atoms with Crippen molar-refractivity contribution >= 4 is 34.9 Å². The molecule has 0 aliphatic heterocycles. The normalized spacial score (nSPS) is 10.0. The van der Waals surface area contributed by atoms with Crippen molar-refractivity contribution in [3.63, 3.8) is 0 Å². The SMILES string of the molecule is COC(=O)c1ccccc1NC(=O)CNc1ccc(C)c(Cl)c1. The van der Waals surface area contributed by atoms with Gasteiger partial charge in [0, 0.05) is 10.7 Å². The smallest absolute Gasteiger partial charge is 0.339 e. The minimum atomic E-state index is -0.501. The van der Waals surface area contributed by atoms with Crippen LogP contribution in [0.5, 0.6) is 0 Å². The number of aryl methyl sites for hydroxylation is 1. The van der Waals surface area contributed by atoms with E-state index in [1.807, 2.05) is 19.1 Å². The number of anilines is 2. The van der Waals surface area contributed by atoms with Crippen molar-refractivity contribution in [3.8, 4) is 0 Å². The van der Waals surface area contributed by atoms with Gasteiger partial charge in [-0.15, -0.1) is 0 Å². The molecule has 0 radical (unpaired) electrons. The van der Waals surface area contributed by atoms with Crippen molar-refractivity contribution in [1.82, 2.24) is 0 Å². The highest BCUT2D eigenvalue weighted by Gasteiger charge is 2.13. The van der Waals surface area contributed by atoms with E-state index in [-0.39, 0.29) is 12.5 Å². The largest absolute Gasteiger partial charge is 0.465 e. The summed E-state index contributed by atoms with van der Waals surface area (Å²) in [6.07, 6.45) is 0. The van der Waals surface area contributed by atoms with Gasteiger partial charge in [-0.1, -0.05) is 29.8 Å². The van der Waals surface area contributed by atoms with Crippen molar-refractivity contribution in [2.45, 2.75) is 6.92 Å². The lowest BCUT2D eigenvalue weighted by atomic mass is 10.2. The maximum Gasteiger partial charge on any atom is 0.339 e. The van der Waals surface area contributed by atoms with E-state index in [0.29, 0.717) is 16.3 Å². The molecule has 0 saturated heterocycles. The first-order valence-corrected chi connectivity index (χ1v) is 7.36. The van der Waals surface area contributed by atoms with Crippen molar-refractivity contribution in [1.29, 1.82) is 0 Å². The number of methoxy groups -OCH3 is 1. The third kappa shape index (κ3) is 4.47. The fraction of sp³-hybridized carbons (Fsp3) is 0.176. The quantitative estimate of drug-likeness (QED) is 0.822. The first-order valence-electron chi connectivity index (χ1n) is 6.98. The summed E-state index contributed by atoms with van der Waals surface area (Å²) in [6, 6.07) is 12.1. The highest BCUT2D eigenvalue weighted by Crippen LogP contribution is 2.20. The van der Waals surface area contributed by atoms with Gasteiger partial charge in [0.1, 0.15) is 0 Å². The lowest BCUT2D eigenvalue weighted by Gasteiger charge is -2.11. The van der Waals surface area contributed by atoms with Crippen LogP contribution in [-0.2, 0) is 9.53 Å². The second-order valence-electron chi connectivity index (χ2n) is 4.90. The maximum absolute atomic E-state index is 12.0. The summed E-state index contributed by atoms with van der Waals surface area (Å²) in [5.74, 6) is -0.780. The summed E-state index contributed by atoms with van der Waals surface area (Å²) in [5, 5.41) is 6.30. The van der Waals surface area contributed by atoms with Gasteiger partial charge in [-0.25, -0.2) is 4.79 Å². The first-order chi connectivity index (χ1) is 11.0. The van der Waals surface area contributed by atoms with Gasteiger partial charge < -0.3 is 15.4 Å². The lowest BCUT2D eigenvalue weighted by molar-refractivity contribution is -0.114. The predicted molar refractivity (Wildman–Crippen MR) is 91.1 cm³/mol. The molecule has 0 atom stereocenters. The van der Waals surface area contributed by atoms with Gasteiger partial charge in [-0.05, 0) is 36.8 Å². The van der Waals surface area contributed by atoms with Crippen LogP contribution in [0.3, 0.4) is 0 Å². The summed E-state index contributed by atoms with van der Waals surface area (Å²) in [7, 11) is 1.30. The number of hydrogen-bond acceptors (Lipinski definition) is 4. The predicted octanol–water partition coefficient (Wildman–Crippen LogP) is 3.49. The molecule has 0 fully saturated rings. The van der Waals surface area contributed by atoms with Crippen LogP contribution in [0.4, 0.5) is 11.4 Å². The number of halogens is 1. The number of benzene rings is 2. The Balaban J connectivity index is 2.00. The molecule has 6 heteroatoms. The number of ether oxygens (including phenoxy) is 1. The molecular weight excluding hydrogens is 316 g/mol. The Morgan fingerprint density at radius 2 is 1.91 bits per heavy atom. The van der Waals surface area contributed by atoms with E-state index in [0.717, 1.165) is 11.3 Å². The number of para-hydroxylation sites is 1. The Bertz CT molecular complexity index is 732. The van der Waals surface area contributed by atoms with E-state index >= 15 is 0 Å². The number of carbonyl (C=O) groups is 2. The molecule has 0 aromatic heterocycles. The molecule has 1 amide bonds. The highest BCUT2D eigenvalue weighted by molar-refractivity contribution is 6.31. The van der Waals surface area contributed by atoms with Crippen molar-refractivity contribution in [3.05, 3.63) is 58.6 Å². The molecule has 0 aliphatic carbocycles. The van der Waals surface area contributed by atoms with Gasteiger partial charge in [0.15, 0.2) is 0 Å². The van der Waals surface area contributed by atoms with Crippen LogP contribution in [0.2, 0.25) is 5.02 Å². The number of carbonyl (C=O) groups excluding carboxylic acids is 2. The second-order valence-corrected chi connectivity index (χ2v) is 5.31. The highest BCUT2D eigenvalue weighted by atomic mass is 35.5. The van der Waals surface area contributed by atoms with Crippen LogP contribution < -0.4 is 10.6 Å². The first kappa shape index (κ1) is 16.8. The minimum absolute atomic E-state index is 0.0505. The molecule has 2 aromatic rings. The summed E-state index contributed by atoms with van der Waals surface area (Å²) < 4.78 is 4.69. The van der Waals surface area contributed by atoms with Crippen LogP contribution in [0.25, 0.3) is 0 Å². The van der Waals surface area contributed by atoms with Crippen LogP contribution in [0, 0.1) is 6.92 Å². The monoisotopic (exact) mass is 332 g/mol. The van der Waals surface area contributed by atoms with Crippen molar-refractivity contribution in [2.75, 3.05) is 24.3 Å². The average molecular weight is 333 g/mol. The second kappa shape index (κ2) is 7.65. The van der Waals surface area contributed by atoms with E-state index in [2.05, 4.69) is 10.6 Å². The zero-order chi connectivity index (χ0) is 16.8. The van der Waals surface area contributed by atoms with Crippen LogP contribution in [0.1, 0.15) is 15.9 Å². The van der Waals surface area contributed by atoms with Gasteiger partial charge in [0.2, 0.25) is 5.91 Å². The molecule has 0 spiro atoms. The van der Waals surface area contributed by atoms with E-state index < -0.39 is 5.97 Å². The topological polar surface area (TPSA) is 67.4 Å². The van der Waals surface area contributed by atoms with Crippen LogP contribution >= 0.6 is 11.6 Å². The lowest BCUT2D eigenvalue weighted by Crippen LogP contribution is -2.23. The molecule has 23 heavy (non-hydrogen) atoms. The Hall–Kier alpha value is -2.53. The Kier molecular flexibility index (Phi) is 5.60. The zero-order valence-electron chi connectivity index (χ0n) is 12.9. The molecule has 0 saturated carbocycles. The third-order valence-electron chi connectivity index (χ3n) is 3.23. The zero-order valence-corrected chi connectivity index (χ0v) is 13.6. The molecule has 0 bridgehead atoms. The molecule has 0 aliphatic rings. The number of nitrogens with one attached hydrogen (secondary N) is 2. The summed E-state index contributed by atoms with van der Waals surface area (Å²) in [6.45, 7) is 1.96. The fourth-order valence-electron chi connectivity index (χ4n) is 1.96. The number of esters is 1. The molecule has 120 valence electrons. The molecule has 2 N–H and O–H groups in total. The number of amides is 1. The van der Waals surface area contributed by atoms with Gasteiger partial charge >= 0.3 is 5.97 Å². The maximum atomic E-state index is 12.0. The summed E-state index contributed by atoms with van der Waals surface area (Å²) >= 11 is 6.04. The van der Waals surface area contributed by atoms with Gasteiger partial charge in [-0.2, -0.15) is 0 Å². The number of rotatable bonds is 5. The molecular formula is C17H17ClN2O3. The molecule has 0 unspecified atom stereocenters. The van der Waals surface area contributed by atoms with Crippen molar-refractivity contribution in [2.24, 2.45) is 0 Å². The van der Waals surface area contributed by atoms with Crippen LogP contribution in [0.15, 0.2) is 42.5 Å². The molecule has 5 nitrogen and oxygen atoms in total. The van der Waals surface area contributed by atoms with Gasteiger partial charge in [0.05, 0.1) is 24.9 Å². The van der Waals surface area contributed by atoms with E-state index in [9.17, 15) is 9.59 Å². The summed E-state index contributed by atoms with van der Waals surface area (Å²) in [4.78, 5) is 23.7. The number of hydrogen-bond donors (Lipinski definition) is 2. The molecule has 2 aromatic carbocycles. The minimum Gasteiger partial charge on any atom is -0.465 e. The van der Waals surface area contributed by atoms with E-state index in [1.54, 1.807) is 30.3 Å². The fourth-order valence-corrected chi connectivity index (χ4v) is 2.14. The third-order valence-corrected chi connectivity index (χ3v) is 3.64. The Labute approximate surface area is 139 Å². The molecule has 0 heterocycles. The van der Waals surface area contributed by atoms with Crippen LogP contribution in [-0.4, -0.2) is 25.5 Å². The van der Waals surface area contributed by atoms with Crippen molar-refractivity contribution < 1.29 is 14.3 Å². The standard InChI is InChI=1S/C17H17ClN2O3/c1-11-7-8-12(9-14(11)18)19-10-16(21)20-15-6-4-3-5-13(15)17(22)23-2/h3-9,19H,10H2,1-2H3,(H,20,21). The van der Waals surface area contributed by atoms with Gasteiger partial charge in [0.25, 0.3) is 0 Å². The Morgan fingerprint density at radius 3 is 2.61 bits per heavy atom.